The molecule has 7 heteroatoms. The van der Waals surface area contributed by atoms with Crippen LogP contribution >= 0.6 is 0 Å². The Kier molecular flexibility index (Phi) is 3.86. The lowest BCUT2D eigenvalue weighted by atomic mass is 9.68. The summed E-state index contributed by atoms with van der Waals surface area (Å²) in [5, 5.41) is 3.04. The Morgan fingerprint density at radius 1 is 1.26 bits per heavy atom. The van der Waals surface area contributed by atoms with Crippen LogP contribution in [-0.2, 0) is 14.6 Å². The summed E-state index contributed by atoms with van der Waals surface area (Å²) in [5.74, 6) is 1.45. The molecule has 1 amide bonds. The van der Waals surface area contributed by atoms with Crippen LogP contribution < -0.4 is 10.2 Å². The van der Waals surface area contributed by atoms with E-state index < -0.39 is 9.84 Å². The first kappa shape index (κ1) is 16.2. The number of hydrogen-bond donors (Lipinski definition) is 1. The fourth-order valence-electron chi connectivity index (χ4n) is 3.52. The number of rotatable bonds is 3. The van der Waals surface area contributed by atoms with Gasteiger partial charge >= 0.3 is 0 Å². The van der Waals surface area contributed by atoms with Crippen molar-refractivity contribution in [3.8, 4) is 0 Å². The Labute approximate surface area is 137 Å². The highest BCUT2D eigenvalue weighted by Gasteiger charge is 2.50. The highest BCUT2D eigenvalue weighted by molar-refractivity contribution is 7.90. The number of hydrogen-bond acceptors (Lipinski definition) is 5. The largest absolute Gasteiger partial charge is 0.357 e. The van der Waals surface area contributed by atoms with Crippen LogP contribution in [0.4, 0.5) is 5.82 Å². The van der Waals surface area contributed by atoms with E-state index in [9.17, 15) is 13.2 Å². The molecule has 1 aromatic rings. The number of piperidine rings is 1. The summed E-state index contributed by atoms with van der Waals surface area (Å²) in [7, 11) is -3.21. The molecule has 3 rings (SSSR count). The molecule has 2 aliphatic heterocycles. The second kappa shape index (κ2) is 5.47. The monoisotopic (exact) mass is 337 g/mol. The highest BCUT2D eigenvalue weighted by atomic mass is 32.2. The third-order valence-electron chi connectivity index (χ3n) is 5.13. The van der Waals surface area contributed by atoms with Crippen LogP contribution in [0.2, 0.25) is 0 Å². The first-order valence-corrected chi connectivity index (χ1v) is 9.81. The van der Waals surface area contributed by atoms with Crippen molar-refractivity contribution in [2.75, 3.05) is 24.2 Å². The number of aromatic nitrogens is 1. The summed E-state index contributed by atoms with van der Waals surface area (Å²) in [4.78, 5) is 18.3. The second-order valence-corrected chi connectivity index (χ2v) is 9.14. The van der Waals surface area contributed by atoms with E-state index in [1.54, 1.807) is 12.1 Å². The van der Waals surface area contributed by atoms with Crippen LogP contribution in [0, 0.1) is 11.3 Å². The Morgan fingerprint density at radius 2 is 1.91 bits per heavy atom. The van der Waals surface area contributed by atoms with Gasteiger partial charge in [-0.1, -0.05) is 0 Å². The third-order valence-corrected chi connectivity index (χ3v) is 6.23. The molecule has 0 aromatic carbocycles. The van der Waals surface area contributed by atoms with E-state index in [4.69, 9.17) is 0 Å². The molecule has 1 N–H and O–H groups in total. The smallest absolute Gasteiger partial charge is 0.228 e. The lowest BCUT2D eigenvalue weighted by molar-refractivity contribution is -0.145. The Bertz CT molecular complexity index is 705. The first-order chi connectivity index (χ1) is 10.7. The maximum absolute atomic E-state index is 11.6. The van der Waals surface area contributed by atoms with E-state index in [2.05, 4.69) is 15.2 Å². The number of nitrogens with one attached hydrogen (secondary N) is 1. The van der Waals surface area contributed by atoms with Crippen molar-refractivity contribution in [1.29, 1.82) is 0 Å². The molecule has 2 fully saturated rings. The van der Waals surface area contributed by atoms with E-state index in [-0.39, 0.29) is 22.3 Å². The number of nitrogens with zero attached hydrogens (tertiary/aromatic N) is 2. The average molecular weight is 337 g/mol. The van der Waals surface area contributed by atoms with Crippen LogP contribution in [0.3, 0.4) is 0 Å². The number of sulfone groups is 1. The maximum atomic E-state index is 11.6. The Hall–Kier alpha value is -1.63. The molecule has 3 heterocycles. The van der Waals surface area contributed by atoms with Crippen LogP contribution in [-0.4, -0.2) is 44.7 Å². The van der Waals surface area contributed by atoms with Crippen molar-refractivity contribution < 1.29 is 13.2 Å². The minimum absolute atomic E-state index is 0.142. The van der Waals surface area contributed by atoms with Gasteiger partial charge in [0.25, 0.3) is 0 Å². The number of pyridine rings is 1. The minimum Gasteiger partial charge on any atom is -0.357 e. The molecule has 6 nitrogen and oxygen atoms in total. The summed E-state index contributed by atoms with van der Waals surface area (Å²) in [6, 6.07) is 3.64. The van der Waals surface area contributed by atoms with Gasteiger partial charge in [0.2, 0.25) is 5.91 Å². The van der Waals surface area contributed by atoms with Crippen molar-refractivity contribution in [3.63, 3.8) is 0 Å². The predicted molar refractivity (Wildman–Crippen MR) is 88.0 cm³/mol. The number of carbonyl (C=O) groups excluding carboxylic acids is 1. The lowest BCUT2D eigenvalue weighted by Crippen LogP contribution is -2.67. The standard InChI is InChI=1S/C16H23N3O3S/c1-16(2)14(18-15(16)20)11-6-8-19(9-7-11)13-5-4-12(10-17-13)23(3,21)22/h4-5,10-11,14H,6-9H2,1-3H3,(H,18,20). The molecule has 126 valence electrons. The zero-order valence-corrected chi connectivity index (χ0v) is 14.6. The van der Waals surface area contributed by atoms with Crippen LogP contribution in [0.5, 0.6) is 0 Å². The van der Waals surface area contributed by atoms with Gasteiger partial charge < -0.3 is 10.2 Å². The van der Waals surface area contributed by atoms with Gasteiger partial charge in [-0.25, -0.2) is 13.4 Å². The number of anilines is 1. The van der Waals surface area contributed by atoms with Gasteiger partial charge in [0.05, 0.1) is 10.3 Å². The lowest BCUT2D eigenvalue weighted by Gasteiger charge is -2.50. The van der Waals surface area contributed by atoms with Crippen LogP contribution in [0.15, 0.2) is 23.2 Å². The van der Waals surface area contributed by atoms with Gasteiger partial charge in [0.15, 0.2) is 9.84 Å². The zero-order valence-electron chi connectivity index (χ0n) is 13.7. The van der Waals surface area contributed by atoms with Crippen molar-refractivity contribution >= 4 is 21.6 Å². The summed E-state index contributed by atoms with van der Waals surface area (Å²) in [5.41, 5.74) is -0.262. The van der Waals surface area contributed by atoms with Crippen molar-refractivity contribution in [3.05, 3.63) is 18.3 Å². The molecule has 0 aliphatic carbocycles. The predicted octanol–water partition coefficient (Wildman–Crippen LogP) is 1.23. The summed E-state index contributed by atoms with van der Waals surface area (Å²) in [6.07, 6.45) is 4.61. The van der Waals surface area contributed by atoms with Gasteiger partial charge in [-0.2, -0.15) is 0 Å². The third kappa shape index (κ3) is 2.94. The fraction of sp³-hybridized carbons (Fsp3) is 0.625. The molecule has 1 atom stereocenters. The molecule has 23 heavy (non-hydrogen) atoms. The molecule has 1 unspecified atom stereocenters. The fourth-order valence-corrected chi connectivity index (χ4v) is 4.08. The van der Waals surface area contributed by atoms with Gasteiger partial charge in [0.1, 0.15) is 5.82 Å². The summed E-state index contributed by atoms with van der Waals surface area (Å²) < 4.78 is 23.0. The minimum atomic E-state index is -3.21. The SMILES string of the molecule is CC1(C)C(=O)NC1C1CCN(c2ccc(S(C)(=O)=O)cn2)CC1. The van der Waals surface area contributed by atoms with Crippen LogP contribution in [0.1, 0.15) is 26.7 Å². The molecular formula is C16H23N3O3S. The molecule has 0 radical (unpaired) electrons. The van der Waals surface area contributed by atoms with E-state index in [1.165, 1.54) is 12.5 Å². The van der Waals surface area contributed by atoms with Gasteiger partial charge in [0, 0.05) is 31.6 Å². The Morgan fingerprint density at radius 3 is 2.35 bits per heavy atom. The molecule has 0 spiro atoms. The number of amides is 1. The van der Waals surface area contributed by atoms with Crippen molar-refractivity contribution in [2.24, 2.45) is 11.3 Å². The summed E-state index contributed by atoms with van der Waals surface area (Å²) >= 11 is 0. The average Bonchev–Trinajstić information content (AvgIpc) is 2.52. The molecule has 2 saturated heterocycles. The van der Waals surface area contributed by atoms with E-state index in [1.807, 2.05) is 13.8 Å². The van der Waals surface area contributed by atoms with Crippen LogP contribution in [0.25, 0.3) is 0 Å². The van der Waals surface area contributed by atoms with Crippen molar-refractivity contribution in [2.45, 2.75) is 37.6 Å². The van der Waals surface area contributed by atoms with Gasteiger partial charge in [-0.3, -0.25) is 4.79 Å². The zero-order chi connectivity index (χ0) is 16.8. The normalized spacial score (nSPS) is 24.9. The highest BCUT2D eigenvalue weighted by Crippen LogP contribution is 2.38. The van der Waals surface area contributed by atoms with Crippen molar-refractivity contribution in [1.82, 2.24) is 10.3 Å². The number of β-lactam (4-membered cyclic amide) rings is 1. The Balaban J connectivity index is 1.62. The summed E-state index contributed by atoms with van der Waals surface area (Å²) in [6.45, 7) is 5.76. The van der Waals surface area contributed by atoms with E-state index in [0.717, 1.165) is 31.7 Å². The van der Waals surface area contributed by atoms with E-state index in [0.29, 0.717) is 5.92 Å². The second-order valence-electron chi connectivity index (χ2n) is 7.12. The molecular weight excluding hydrogens is 314 g/mol. The molecule has 2 aliphatic rings. The quantitative estimate of drug-likeness (QED) is 0.839. The topological polar surface area (TPSA) is 79.4 Å². The number of carbonyl (C=O) groups is 1. The van der Waals surface area contributed by atoms with E-state index >= 15 is 0 Å². The molecule has 1 aromatic heterocycles. The molecule has 0 bridgehead atoms. The van der Waals surface area contributed by atoms with Gasteiger partial charge in [-0.05, 0) is 44.7 Å². The first-order valence-electron chi connectivity index (χ1n) is 7.91. The maximum Gasteiger partial charge on any atom is 0.228 e. The molecule has 0 saturated carbocycles. The van der Waals surface area contributed by atoms with Gasteiger partial charge in [-0.15, -0.1) is 0 Å².